The first-order valence-corrected chi connectivity index (χ1v) is 9.98. The maximum absolute atomic E-state index is 13.2. The number of fused-ring (bicyclic) bond motifs is 1. The van der Waals surface area contributed by atoms with Gasteiger partial charge in [0.05, 0.1) is 5.41 Å². The van der Waals surface area contributed by atoms with Crippen molar-refractivity contribution in [1.29, 1.82) is 0 Å². The zero-order valence-corrected chi connectivity index (χ0v) is 16.4. The fourth-order valence-electron chi connectivity index (χ4n) is 4.09. The van der Waals surface area contributed by atoms with Crippen molar-refractivity contribution in [2.45, 2.75) is 24.7 Å². The Balaban J connectivity index is 0.00000231. The fourth-order valence-corrected chi connectivity index (χ4v) is 4.09. The summed E-state index contributed by atoms with van der Waals surface area (Å²) in [6.07, 6.45) is 2.10. The van der Waals surface area contributed by atoms with Gasteiger partial charge in [0.2, 0.25) is 12.7 Å². The second kappa shape index (κ2) is 7.02. The van der Waals surface area contributed by atoms with Crippen LogP contribution in [0.2, 0.25) is 0 Å². The average Bonchev–Trinajstić information content (AvgIpc) is 3.45. The van der Waals surface area contributed by atoms with Crippen molar-refractivity contribution in [1.82, 2.24) is 0 Å². The lowest BCUT2D eigenvalue weighted by Crippen LogP contribution is -2.22. The van der Waals surface area contributed by atoms with Crippen LogP contribution < -0.4 is 15.2 Å². The number of nitrogens with two attached hydrogens (primary N) is 1. The monoisotopic (exact) mass is 401 g/mol. The molecule has 0 aromatic heterocycles. The van der Waals surface area contributed by atoms with Gasteiger partial charge in [0.25, 0.3) is 0 Å². The third-order valence-electron chi connectivity index (χ3n) is 6.00. The van der Waals surface area contributed by atoms with E-state index in [4.69, 9.17) is 15.2 Å². The average molecular weight is 401 g/mol. The number of carbonyl (C=O) groups excluding carboxylic acids is 2. The second-order valence-corrected chi connectivity index (χ2v) is 7.89. The molecule has 5 rings (SSSR count). The van der Waals surface area contributed by atoms with Gasteiger partial charge in [-0.2, -0.15) is 0 Å². The number of Topliss-reactive ketones (excluding diaryl/α,β-unsaturated/α-hetero) is 1. The number of benzene rings is 3. The van der Waals surface area contributed by atoms with Crippen LogP contribution >= 0.6 is 0 Å². The van der Waals surface area contributed by atoms with Gasteiger partial charge in [-0.1, -0.05) is 42.5 Å². The van der Waals surface area contributed by atoms with E-state index in [0.29, 0.717) is 17.7 Å². The van der Waals surface area contributed by atoms with Gasteiger partial charge >= 0.3 is 0 Å². The van der Waals surface area contributed by atoms with Gasteiger partial charge in [-0.3, -0.25) is 9.59 Å². The molecule has 2 aliphatic rings. The van der Waals surface area contributed by atoms with Crippen molar-refractivity contribution in [2.75, 3.05) is 6.79 Å². The number of hydrogen-bond donors (Lipinski definition) is 1. The van der Waals surface area contributed by atoms with E-state index < -0.39 is 11.3 Å². The van der Waals surface area contributed by atoms with Crippen molar-refractivity contribution in [3.63, 3.8) is 0 Å². The molecule has 2 N–H and O–H groups in total. The van der Waals surface area contributed by atoms with Crippen LogP contribution in [0.15, 0.2) is 66.7 Å². The highest BCUT2D eigenvalue weighted by atomic mass is 16.7. The Bertz CT molecular complexity index is 1150. The maximum Gasteiger partial charge on any atom is 0.248 e. The molecule has 1 saturated carbocycles. The zero-order chi connectivity index (χ0) is 20.7. The van der Waals surface area contributed by atoms with Crippen LogP contribution in [0, 0.1) is 0 Å². The van der Waals surface area contributed by atoms with Crippen molar-refractivity contribution in [3.8, 4) is 22.6 Å². The van der Waals surface area contributed by atoms with E-state index in [1.54, 1.807) is 12.1 Å². The van der Waals surface area contributed by atoms with E-state index >= 15 is 0 Å². The maximum atomic E-state index is 13.2. The van der Waals surface area contributed by atoms with Crippen LogP contribution in [0.1, 0.15) is 35.8 Å². The molecule has 0 bridgehead atoms. The quantitative estimate of drug-likeness (QED) is 0.669. The van der Waals surface area contributed by atoms with Gasteiger partial charge < -0.3 is 15.2 Å². The minimum absolute atomic E-state index is 0. The molecular weight excluding hydrogens is 378 g/mol. The molecule has 5 heteroatoms. The van der Waals surface area contributed by atoms with Crippen LogP contribution in [-0.4, -0.2) is 18.5 Å². The first kappa shape index (κ1) is 18.4. The Kier molecular flexibility index (Phi) is 4.31. The van der Waals surface area contributed by atoms with Crippen molar-refractivity contribution >= 4 is 11.7 Å². The molecule has 1 heterocycles. The third kappa shape index (κ3) is 3.22. The zero-order valence-electron chi connectivity index (χ0n) is 16.4. The molecule has 3 aromatic rings. The summed E-state index contributed by atoms with van der Waals surface area (Å²) < 4.78 is 10.9. The molecule has 1 fully saturated rings. The summed E-state index contributed by atoms with van der Waals surface area (Å²) in [4.78, 5) is 24.5. The normalized spacial score (nSPS) is 15.6. The van der Waals surface area contributed by atoms with Crippen LogP contribution in [0.5, 0.6) is 11.5 Å². The van der Waals surface area contributed by atoms with Gasteiger partial charge in [-0.05, 0) is 59.4 Å². The lowest BCUT2D eigenvalue weighted by atomic mass is 9.87. The van der Waals surface area contributed by atoms with Gasteiger partial charge in [-0.25, -0.2) is 0 Å². The smallest absolute Gasteiger partial charge is 0.248 e. The molecule has 30 heavy (non-hydrogen) atoms. The molecular formula is C25H23NO4. The van der Waals surface area contributed by atoms with Crippen LogP contribution in [0.25, 0.3) is 11.1 Å². The first-order chi connectivity index (χ1) is 14.5. The molecule has 0 saturated heterocycles. The Hall–Kier alpha value is -3.60. The summed E-state index contributed by atoms with van der Waals surface area (Å²) in [6.45, 7) is 0.229. The van der Waals surface area contributed by atoms with Crippen LogP contribution in [0.3, 0.4) is 0 Å². The molecule has 5 nitrogen and oxygen atoms in total. The Morgan fingerprint density at radius 2 is 1.67 bits per heavy atom. The minimum Gasteiger partial charge on any atom is -0.454 e. The summed E-state index contributed by atoms with van der Waals surface area (Å²) in [5, 5.41) is 0. The molecule has 1 aliphatic heterocycles. The topological polar surface area (TPSA) is 78.6 Å². The van der Waals surface area contributed by atoms with E-state index in [9.17, 15) is 9.59 Å². The predicted octanol–water partition coefficient (Wildman–Crippen LogP) is 4.27. The summed E-state index contributed by atoms with van der Waals surface area (Å²) in [5.41, 5.74) is 9.34. The Morgan fingerprint density at radius 3 is 2.40 bits per heavy atom. The van der Waals surface area contributed by atoms with Gasteiger partial charge in [0.15, 0.2) is 11.5 Å². The SMILES string of the molecule is NC(=O)c1ccc(-c2cccc(CC(=O)C3(c4ccc5c(c4)OCO5)CC3)c2)cc1.[HH]. The standard InChI is InChI=1S/C25H21NO4.H2/c26-24(28)18-6-4-17(5-7-18)19-3-1-2-16(12-19)13-23(27)25(10-11-25)20-8-9-21-22(14-20)30-15-29-21;/h1-9,12,14H,10-11,13,15H2,(H2,26,28);1H. The van der Waals surface area contributed by atoms with E-state index in [1.807, 2.05) is 54.6 Å². The molecule has 0 atom stereocenters. The third-order valence-corrected chi connectivity index (χ3v) is 6.00. The Morgan fingerprint density at radius 1 is 0.900 bits per heavy atom. The highest BCUT2D eigenvalue weighted by molar-refractivity contribution is 5.95. The highest BCUT2D eigenvalue weighted by Gasteiger charge is 2.50. The van der Waals surface area contributed by atoms with Crippen molar-refractivity contribution < 1.29 is 20.5 Å². The summed E-state index contributed by atoms with van der Waals surface area (Å²) in [6, 6.07) is 21.0. The van der Waals surface area contributed by atoms with E-state index in [2.05, 4.69) is 0 Å². The molecule has 0 radical (unpaired) electrons. The molecule has 0 spiro atoms. The number of ketones is 1. The van der Waals surface area contributed by atoms with Gasteiger partial charge in [0.1, 0.15) is 5.78 Å². The van der Waals surface area contributed by atoms with E-state index in [-0.39, 0.29) is 14.0 Å². The van der Waals surface area contributed by atoms with E-state index in [0.717, 1.165) is 40.8 Å². The summed E-state index contributed by atoms with van der Waals surface area (Å²) in [5.74, 6) is 1.23. The lowest BCUT2D eigenvalue weighted by molar-refractivity contribution is -0.120. The molecule has 0 unspecified atom stereocenters. The fraction of sp³-hybridized carbons (Fsp3) is 0.200. The van der Waals surface area contributed by atoms with Crippen LogP contribution in [0.4, 0.5) is 0 Å². The van der Waals surface area contributed by atoms with E-state index in [1.165, 1.54) is 0 Å². The van der Waals surface area contributed by atoms with Crippen LogP contribution in [-0.2, 0) is 16.6 Å². The largest absolute Gasteiger partial charge is 0.454 e. The molecule has 152 valence electrons. The highest BCUT2D eigenvalue weighted by Crippen LogP contribution is 2.51. The summed E-state index contributed by atoms with van der Waals surface area (Å²) in [7, 11) is 0. The van der Waals surface area contributed by atoms with Gasteiger partial charge in [-0.15, -0.1) is 0 Å². The predicted molar refractivity (Wildman–Crippen MR) is 115 cm³/mol. The number of hydrogen-bond acceptors (Lipinski definition) is 4. The minimum atomic E-state index is -0.445. The first-order valence-electron chi connectivity index (χ1n) is 9.98. The van der Waals surface area contributed by atoms with Gasteiger partial charge in [0, 0.05) is 13.4 Å². The molecule has 3 aromatic carbocycles. The summed E-state index contributed by atoms with van der Waals surface area (Å²) >= 11 is 0. The lowest BCUT2D eigenvalue weighted by Gasteiger charge is -2.15. The Labute approximate surface area is 175 Å². The molecule has 1 aliphatic carbocycles. The number of amides is 1. The van der Waals surface area contributed by atoms with Crippen molar-refractivity contribution in [2.24, 2.45) is 5.73 Å². The number of carbonyl (C=O) groups is 2. The number of primary amides is 1. The van der Waals surface area contributed by atoms with Crippen molar-refractivity contribution in [3.05, 3.63) is 83.4 Å². The number of ether oxygens (including phenoxy) is 2. The molecule has 1 amide bonds. The number of rotatable bonds is 6. The second-order valence-electron chi connectivity index (χ2n) is 7.89.